The number of methoxy groups -OCH3 is 3. The minimum absolute atomic E-state index is 0.0286. The molecule has 0 amide bonds. The van der Waals surface area contributed by atoms with Gasteiger partial charge < -0.3 is 29.0 Å². The van der Waals surface area contributed by atoms with E-state index in [1.165, 1.54) is 4.90 Å². The zero-order chi connectivity index (χ0) is 17.6. The third-order valence-electron chi connectivity index (χ3n) is 6.61. The summed E-state index contributed by atoms with van der Waals surface area (Å²) in [7, 11) is 7.54. The number of likely N-dealkylation sites (N-methyl/N-ethyl adjacent to an activating group) is 1. The summed E-state index contributed by atoms with van der Waals surface area (Å²) < 4.78 is 23.8. The zero-order valence-corrected chi connectivity index (χ0v) is 15.8. The fraction of sp³-hybridized carbons (Fsp3) is 1.00. The fourth-order valence-electron chi connectivity index (χ4n) is 5.46. The van der Waals surface area contributed by atoms with Gasteiger partial charge in [0, 0.05) is 27.2 Å². The van der Waals surface area contributed by atoms with Crippen LogP contribution < -0.4 is 4.90 Å². The summed E-state index contributed by atoms with van der Waals surface area (Å²) in [5.74, 6) is 0.737. The van der Waals surface area contributed by atoms with Crippen LogP contribution in [0.25, 0.3) is 0 Å². The molecule has 2 heterocycles. The lowest BCUT2D eigenvalue weighted by Gasteiger charge is -2.52. The van der Waals surface area contributed by atoms with Gasteiger partial charge in [0.2, 0.25) is 0 Å². The molecule has 6 heteroatoms. The molecule has 0 bridgehead atoms. The highest BCUT2D eigenvalue weighted by molar-refractivity contribution is 5.01. The second-order valence-electron chi connectivity index (χ2n) is 8.28. The van der Waals surface area contributed by atoms with Crippen LogP contribution in [0.5, 0.6) is 0 Å². The van der Waals surface area contributed by atoms with E-state index in [4.69, 9.17) is 18.9 Å². The Kier molecular flexibility index (Phi) is 5.27. The van der Waals surface area contributed by atoms with Crippen LogP contribution in [0.4, 0.5) is 0 Å². The second kappa shape index (κ2) is 6.82. The van der Waals surface area contributed by atoms with Crippen LogP contribution >= 0.6 is 0 Å². The monoisotopic (exact) mass is 344 g/mol. The molecule has 2 N–H and O–H groups in total. The van der Waals surface area contributed by atoms with Gasteiger partial charge in [-0.3, -0.25) is 0 Å². The molecule has 0 spiro atoms. The van der Waals surface area contributed by atoms with Crippen LogP contribution in [0.1, 0.15) is 33.1 Å². The lowest BCUT2D eigenvalue weighted by Crippen LogP contribution is -3.21. The summed E-state index contributed by atoms with van der Waals surface area (Å²) in [6, 6.07) is 0.278. The first-order valence-electron chi connectivity index (χ1n) is 9.13. The van der Waals surface area contributed by atoms with Crippen molar-refractivity contribution in [2.45, 2.75) is 75.4 Å². The predicted octanol–water partition coefficient (Wildman–Crippen LogP) is -0.160. The number of nitrogens with one attached hydrogen (secondary N) is 1. The van der Waals surface area contributed by atoms with E-state index in [2.05, 4.69) is 7.05 Å². The van der Waals surface area contributed by atoms with E-state index < -0.39 is 5.60 Å². The molecular weight excluding hydrogens is 310 g/mol. The molecule has 1 aliphatic carbocycles. The first-order chi connectivity index (χ1) is 11.3. The number of quaternary nitrogens is 1. The Morgan fingerprint density at radius 2 is 1.67 bits per heavy atom. The maximum atomic E-state index is 10.4. The third kappa shape index (κ3) is 2.91. The summed E-state index contributed by atoms with van der Waals surface area (Å²) in [5, 5.41) is 10.4. The Balaban J connectivity index is 1.90. The number of hydrogen-bond acceptors (Lipinski definition) is 5. The Labute approximate surface area is 145 Å². The number of aliphatic hydroxyl groups is 1. The van der Waals surface area contributed by atoms with Crippen LogP contribution in [-0.2, 0) is 18.9 Å². The normalized spacial score (nSPS) is 48.9. The Morgan fingerprint density at radius 3 is 2.21 bits per heavy atom. The van der Waals surface area contributed by atoms with Crippen LogP contribution in [-0.4, -0.2) is 75.8 Å². The highest BCUT2D eigenvalue weighted by atomic mass is 16.5. The largest absolute Gasteiger partial charge is 0.388 e. The van der Waals surface area contributed by atoms with Gasteiger partial charge in [0.05, 0.1) is 36.9 Å². The van der Waals surface area contributed by atoms with Gasteiger partial charge in [-0.05, 0) is 33.1 Å². The van der Waals surface area contributed by atoms with Gasteiger partial charge in [-0.25, -0.2) is 0 Å². The van der Waals surface area contributed by atoms with Crippen molar-refractivity contribution in [3.05, 3.63) is 0 Å². The maximum Gasteiger partial charge on any atom is 0.197 e. The van der Waals surface area contributed by atoms with Crippen molar-refractivity contribution < 1.29 is 29.0 Å². The van der Waals surface area contributed by atoms with Crippen LogP contribution in [0, 0.1) is 11.8 Å². The molecule has 2 aliphatic heterocycles. The smallest absolute Gasteiger partial charge is 0.197 e. The first kappa shape index (κ1) is 18.5. The fourth-order valence-corrected chi connectivity index (χ4v) is 5.46. The zero-order valence-electron chi connectivity index (χ0n) is 15.8. The summed E-state index contributed by atoms with van der Waals surface area (Å²) in [6.45, 7) is 3.66. The third-order valence-corrected chi connectivity index (χ3v) is 6.61. The summed E-state index contributed by atoms with van der Waals surface area (Å²) in [4.78, 5) is 1.33. The molecule has 8 unspecified atom stereocenters. The highest BCUT2D eigenvalue weighted by Gasteiger charge is 2.61. The standard InChI is InChI=1S/C18H33NO5/c1-18(2,20)13-9-11-15(22-5)10-7-8-12(21-4)16(23-6)14(10)19(3)17(11)24-13/h10-17,20H,7-9H2,1-6H3/p+1/t10?,11?,12?,13-,14?,15?,16?,17?/m1/s1. The molecule has 2 saturated heterocycles. The van der Waals surface area contributed by atoms with Gasteiger partial charge in [-0.2, -0.15) is 0 Å². The average Bonchev–Trinajstić information content (AvgIpc) is 3.00. The van der Waals surface area contributed by atoms with Gasteiger partial charge in [0.25, 0.3) is 0 Å². The van der Waals surface area contributed by atoms with Gasteiger partial charge in [0.15, 0.2) is 6.23 Å². The van der Waals surface area contributed by atoms with Gasteiger partial charge in [-0.1, -0.05) is 0 Å². The minimum atomic E-state index is -0.837. The summed E-state index contributed by atoms with van der Waals surface area (Å²) in [5.41, 5.74) is -0.837. The van der Waals surface area contributed by atoms with Crippen molar-refractivity contribution in [2.24, 2.45) is 11.8 Å². The number of ether oxygens (including phenoxy) is 4. The molecule has 3 aliphatic rings. The number of piperidine rings is 1. The van der Waals surface area contributed by atoms with E-state index in [-0.39, 0.29) is 36.7 Å². The van der Waals surface area contributed by atoms with Crippen molar-refractivity contribution in [3.8, 4) is 0 Å². The van der Waals surface area contributed by atoms with Crippen molar-refractivity contribution in [2.75, 3.05) is 28.4 Å². The number of rotatable bonds is 4. The molecule has 0 aromatic rings. The average molecular weight is 344 g/mol. The number of hydrogen-bond donors (Lipinski definition) is 2. The van der Waals surface area contributed by atoms with Crippen LogP contribution in [0.2, 0.25) is 0 Å². The van der Waals surface area contributed by atoms with Gasteiger partial charge in [0.1, 0.15) is 12.1 Å². The molecule has 3 fully saturated rings. The van der Waals surface area contributed by atoms with Gasteiger partial charge in [-0.15, -0.1) is 0 Å². The van der Waals surface area contributed by atoms with Gasteiger partial charge >= 0.3 is 0 Å². The summed E-state index contributed by atoms with van der Waals surface area (Å²) in [6.07, 6.45) is 3.10. The molecule has 140 valence electrons. The van der Waals surface area contributed by atoms with Crippen molar-refractivity contribution in [1.82, 2.24) is 0 Å². The quantitative estimate of drug-likeness (QED) is 0.742. The van der Waals surface area contributed by atoms with Crippen molar-refractivity contribution in [1.29, 1.82) is 0 Å². The minimum Gasteiger partial charge on any atom is -0.388 e. The van der Waals surface area contributed by atoms with Crippen molar-refractivity contribution in [3.63, 3.8) is 0 Å². The number of fused-ring (bicyclic) bond motifs is 2. The van der Waals surface area contributed by atoms with E-state index in [1.54, 1.807) is 21.3 Å². The lowest BCUT2D eigenvalue weighted by molar-refractivity contribution is -0.971. The van der Waals surface area contributed by atoms with Crippen LogP contribution in [0.3, 0.4) is 0 Å². The lowest BCUT2D eigenvalue weighted by atomic mass is 9.69. The Hall–Kier alpha value is -0.240. The van der Waals surface area contributed by atoms with E-state index in [1.807, 2.05) is 13.8 Å². The SMILES string of the molecule is COC1CCC2C(OC)C3C[C@H](C(C)(C)O)OC3[NH+](C)C2C1OC. The number of likely N-dealkylation sites (tertiary alicyclic amines) is 1. The summed E-state index contributed by atoms with van der Waals surface area (Å²) >= 11 is 0. The second-order valence-corrected chi connectivity index (χ2v) is 8.28. The van der Waals surface area contributed by atoms with E-state index in [0.717, 1.165) is 19.3 Å². The molecule has 6 nitrogen and oxygen atoms in total. The van der Waals surface area contributed by atoms with E-state index in [0.29, 0.717) is 11.8 Å². The molecule has 0 aromatic carbocycles. The van der Waals surface area contributed by atoms with Crippen LogP contribution in [0.15, 0.2) is 0 Å². The van der Waals surface area contributed by atoms with E-state index >= 15 is 0 Å². The van der Waals surface area contributed by atoms with E-state index in [9.17, 15) is 5.11 Å². The Morgan fingerprint density at radius 1 is 1.00 bits per heavy atom. The topological polar surface area (TPSA) is 61.6 Å². The molecule has 0 radical (unpaired) electrons. The molecule has 0 aromatic heterocycles. The Bertz CT molecular complexity index is 440. The first-order valence-corrected chi connectivity index (χ1v) is 9.13. The molecule has 24 heavy (non-hydrogen) atoms. The molecular formula is C18H34NO5+. The molecule has 3 rings (SSSR count). The predicted molar refractivity (Wildman–Crippen MR) is 88.9 cm³/mol. The molecule has 1 saturated carbocycles. The molecule has 9 atom stereocenters. The van der Waals surface area contributed by atoms with Crippen molar-refractivity contribution >= 4 is 0 Å². The highest BCUT2D eigenvalue weighted by Crippen LogP contribution is 2.43. The maximum absolute atomic E-state index is 10.4.